The van der Waals surface area contributed by atoms with Crippen LogP contribution in [0.1, 0.15) is 74.6 Å². The Morgan fingerprint density at radius 2 is 1.78 bits per heavy atom. The van der Waals surface area contributed by atoms with Crippen molar-refractivity contribution in [2.24, 2.45) is 23.7 Å². The molecule has 11 heteroatoms. The first-order valence-corrected chi connectivity index (χ1v) is 16.1. The fourth-order valence-corrected chi connectivity index (χ4v) is 7.68. The topological polar surface area (TPSA) is 93.0 Å². The van der Waals surface area contributed by atoms with Gasteiger partial charge in [0.05, 0.1) is 16.4 Å². The standard InChI is InChI=1S/C31H34F3N3O5.C3H8/c32-31(33,34)24-12-23-16-35(9-8-26(23)28(14-24)37(40)41)29(38)21-6-7-25(13-21)36-15-20-10-22(17-36)27(11-20)30(39)42-18-19-4-2-1-3-5-19;1-3-2/h1-5,12,14,20-22,25,27H,6-11,13,15-18H2;3H2,1-2H3. The molecule has 45 heavy (non-hydrogen) atoms. The number of halogens is 3. The van der Waals surface area contributed by atoms with Crippen molar-refractivity contribution in [1.29, 1.82) is 0 Å². The molecule has 6 rings (SSSR count). The van der Waals surface area contributed by atoms with E-state index in [9.17, 15) is 32.9 Å². The highest BCUT2D eigenvalue weighted by atomic mass is 19.4. The average molecular weight is 630 g/mol. The zero-order valence-corrected chi connectivity index (χ0v) is 25.9. The molecule has 2 aliphatic heterocycles. The van der Waals surface area contributed by atoms with Crippen molar-refractivity contribution in [2.45, 2.75) is 84.2 Å². The lowest BCUT2D eigenvalue weighted by Gasteiger charge is -2.37. The van der Waals surface area contributed by atoms with Crippen LogP contribution in [-0.2, 0) is 40.1 Å². The molecule has 0 aromatic heterocycles. The summed E-state index contributed by atoms with van der Waals surface area (Å²) in [7, 11) is 0. The number of piperidine rings is 1. The van der Waals surface area contributed by atoms with Crippen molar-refractivity contribution in [2.75, 3.05) is 19.6 Å². The number of hydrogen-bond acceptors (Lipinski definition) is 6. The number of carbonyl (C=O) groups is 2. The predicted octanol–water partition coefficient (Wildman–Crippen LogP) is 6.78. The van der Waals surface area contributed by atoms with Crippen molar-refractivity contribution >= 4 is 17.6 Å². The second-order valence-electron chi connectivity index (χ2n) is 13.0. The molecule has 0 radical (unpaired) electrons. The fourth-order valence-electron chi connectivity index (χ4n) is 7.68. The van der Waals surface area contributed by atoms with Gasteiger partial charge in [-0.15, -0.1) is 0 Å². The van der Waals surface area contributed by atoms with Gasteiger partial charge in [0.25, 0.3) is 5.69 Å². The Labute approximate surface area is 262 Å². The van der Waals surface area contributed by atoms with E-state index in [-0.39, 0.29) is 72.9 Å². The Hall–Kier alpha value is -3.47. The molecule has 0 N–H and O–H groups in total. The van der Waals surface area contributed by atoms with Crippen LogP contribution in [0.4, 0.5) is 18.9 Å². The van der Waals surface area contributed by atoms with Gasteiger partial charge in [-0.25, -0.2) is 0 Å². The Balaban J connectivity index is 0.00000128. The first kappa shape index (κ1) is 32.9. The van der Waals surface area contributed by atoms with Crippen LogP contribution in [0, 0.1) is 33.8 Å². The van der Waals surface area contributed by atoms with Crippen molar-refractivity contribution in [3.05, 3.63) is 74.8 Å². The van der Waals surface area contributed by atoms with E-state index in [0.29, 0.717) is 24.8 Å². The first-order valence-electron chi connectivity index (χ1n) is 16.1. The van der Waals surface area contributed by atoms with E-state index in [0.717, 1.165) is 44.0 Å². The minimum absolute atomic E-state index is 0.0548. The van der Waals surface area contributed by atoms with Crippen molar-refractivity contribution in [3.8, 4) is 0 Å². The van der Waals surface area contributed by atoms with E-state index < -0.39 is 22.4 Å². The van der Waals surface area contributed by atoms with Crippen molar-refractivity contribution < 1.29 is 32.4 Å². The first-order chi connectivity index (χ1) is 21.5. The van der Waals surface area contributed by atoms with Gasteiger partial charge in [0.1, 0.15) is 6.61 Å². The number of ether oxygens (including phenoxy) is 1. The van der Waals surface area contributed by atoms with Crippen molar-refractivity contribution in [3.63, 3.8) is 0 Å². The summed E-state index contributed by atoms with van der Waals surface area (Å²) in [5, 5.41) is 11.5. The molecule has 2 bridgehead atoms. The maximum atomic E-state index is 13.5. The smallest absolute Gasteiger partial charge is 0.416 e. The van der Waals surface area contributed by atoms with Gasteiger partial charge in [0, 0.05) is 49.8 Å². The lowest BCUT2D eigenvalue weighted by molar-refractivity contribution is -0.385. The zero-order valence-electron chi connectivity index (χ0n) is 25.9. The number of nitro benzene ring substituents is 1. The molecule has 2 aliphatic carbocycles. The van der Waals surface area contributed by atoms with Crippen LogP contribution in [0.2, 0.25) is 0 Å². The van der Waals surface area contributed by atoms with Crippen LogP contribution >= 0.6 is 0 Å². The second-order valence-corrected chi connectivity index (χ2v) is 13.0. The largest absolute Gasteiger partial charge is 0.461 e. The van der Waals surface area contributed by atoms with Crippen LogP contribution in [-0.4, -0.2) is 52.3 Å². The third kappa shape index (κ3) is 7.51. The molecule has 5 atom stereocenters. The van der Waals surface area contributed by atoms with Crippen LogP contribution in [0.5, 0.6) is 0 Å². The minimum atomic E-state index is -4.71. The maximum absolute atomic E-state index is 13.5. The number of fused-ring (bicyclic) bond motifs is 3. The number of nitro groups is 1. The fraction of sp³-hybridized carbons (Fsp3) is 0.588. The van der Waals surface area contributed by atoms with Crippen LogP contribution in [0.15, 0.2) is 42.5 Å². The molecule has 1 saturated heterocycles. The summed E-state index contributed by atoms with van der Waals surface area (Å²) in [6.45, 7) is 6.41. The predicted molar refractivity (Wildman–Crippen MR) is 162 cm³/mol. The highest BCUT2D eigenvalue weighted by Gasteiger charge is 2.47. The number of nitrogens with zero attached hydrogens (tertiary/aromatic N) is 3. The number of likely N-dealkylation sites (tertiary alicyclic amines) is 1. The second kappa shape index (κ2) is 13.9. The summed E-state index contributed by atoms with van der Waals surface area (Å²) in [5.41, 5.74) is -0.156. The molecule has 1 amide bonds. The number of benzene rings is 2. The number of carbonyl (C=O) groups excluding carboxylic acids is 2. The molecular formula is C34H42F3N3O5. The van der Waals surface area contributed by atoms with Gasteiger partial charge in [0.2, 0.25) is 5.91 Å². The van der Waals surface area contributed by atoms with Gasteiger partial charge >= 0.3 is 12.1 Å². The summed E-state index contributed by atoms with van der Waals surface area (Å²) in [6, 6.07) is 11.4. The Morgan fingerprint density at radius 3 is 2.47 bits per heavy atom. The van der Waals surface area contributed by atoms with E-state index in [2.05, 4.69) is 18.7 Å². The number of amides is 1. The molecule has 2 saturated carbocycles. The number of alkyl halides is 3. The molecule has 244 valence electrons. The third-order valence-electron chi connectivity index (χ3n) is 9.70. The van der Waals surface area contributed by atoms with Crippen LogP contribution in [0.3, 0.4) is 0 Å². The zero-order chi connectivity index (χ0) is 32.3. The molecule has 3 fully saturated rings. The SMILES string of the molecule is CCC.O=C(OCc1ccccc1)C1CC2CC1CN(C1CCC(C(=O)N3CCc4c(cc(C(F)(F)F)cc4[N+](=O)[O-])C3)C1)C2. The highest BCUT2D eigenvalue weighted by Crippen LogP contribution is 2.45. The molecule has 2 aromatic rings. The lowest BCUT2D eigenvalue weighted by Crippen LogP contribution is -2.44. The van der Waals surface area contributed by atoms with Gasteiger partial charge in [-0.2, -0.15) is 13.2 Å². The third-order valence-corrected chi connectivity index (χ3v) is 9.70. The van der Waals surface area contributed by atoms with Crippen LogP contribution < -0.4 is 0 Å². The Morgan fingerprint density at radius 1 is 1.04 bits per heavy atom. The van der Waals surface area contributed by atoms with Gasteiger partial charge < -0.3 is 9.64 Å². The maximum Gasteiger partial charge on any atom is 0.416 e. The van der Waals surface area contributed by atoms with Gasteiger partial charge in [-0.1, -0.05) is 50.6 Å². The van der Waals surface area contributed by atoms with E-state index in [4.69, 9.17) is 4.74 Å². The molecule has 8 nitrogen and oxygen atoms in total. The minimum Gasteiger partial charge on any atom is -0.461 e. The monoisotopic (exact) mass is 629 g/mol. The summed E-state index contributed by atoms with van der Waals surface area (Å²) in [5.74, 6) is 0.0895. The van der Waals surface area contributed by atoms with Crippen LogP contribution in [0.25, 0.3) is 0 Å². The molecule has 5 unspecified atom stereocenters. The number of rotatable bonds is 6. The molecule has 2 aromatic carbocycles. The Kier molecular flexibility index (Phi) is 10.2. The molecular weight excluding hydrogens is 587 g/mol. The highest BCUT2D eigenvalue weighted by molar-refractivity contribution is 5.79. The Bertz CT molecular complexity index is 1390. The van der Waals surface area contributed by atoms with Gasteiger partial charge in [-0.05, 0) is 67.6 Å². The summed E-state index contributed by atoms with van der Waals surface area (Å²) in [4.78, 5) is 41.2. The average Bonchev–Trinajstić information content (AvgIpc) is 3.63. The quantitative estimate of drug-likeness (QED) is 0.199. The van der Waals surface area contributed by atoms with E-state index in [1.54, 1.807) is 4.90 Å². The summed E-state index contributed by atoms with van der Waals surface area (Å²) in [6.07, 6.45) is 0.753. The van der Waals surface area contributed by atoms with Gasteiger partial charge in [0.15, 0.2) is 0 Å². The number of hydrogen-bond donors (Lipinski definition) is 0. The lowest BCUT2D eigenvalue weighted by atomic mass is 9.92. The van der Waals surface area contributed by atoms with Crippen molar-refractivity contribution in [1.82, 2.24) is 9.80 Å². The normalized spacial score (nSPS) is 26.1. The summed E-state index contributed by atoms with van der Waals surface area (Å²) >= 11 is 0. The number of esters is 1. The van der Waals surface area contributed by atoms with E-state index in [1.165, 1.54) is 6.42 Å². The van der Waals surface area contributed by atoms with E-state index in [1.807, 2.05) is 30.3 Å². The molecule has 0 spiro atoms. The molecule has 2 heterocycles. The molecule has 4 aliphatic rings. The van der Waals surface area contributed by atoms with E-state index >= 15 is 0 Å². The summed E-state index contributed by atoms with van der Waals surface area (Å²) < 4.78 is 45.9. The van der Waals surface area contributed by atoms with Gasteiger partial charge in [-0.3, -0.25) is 24.6 Å².